The molecule has 35 heavy (non-hydrogen) atoms. The van der Waals surface area contributed by atoms with Crippen molar-refractivity contribution in [3.05, 3.63) is 95.6 Å². The number of carboxylic acids is 1. The predicted octanol–water partition coefficient (Wildman–Crippen LogP) is 3.81. The molecule has 0 bridgehead atoms. The van der Waals surface area contributed by atoms with Gasteiger partial charge in [0.25, 0.3) is 0 Å². The van der Waals surface area contributed by atoms with Gasteiger partial charge in [0, 0.05) is 11.7 Å². The molecule has 0 aromatic heterocycles. The second-order valence-electron chi connectivity index (χ2n) is 8.29. The number of hydrogen-bond donors (Lipinski definition) is 3. The zero-order valence-corrected chi connectivity index (χ0v) is 19.7. The van der Waals surface area contributed by atoms with E-state index in [9.17, 15) is 19.5 Å². The summed E-state index contributed by atoms with van der Waals surface area (Å²) in [6.45, 7) is 0.145. The zero-order valence-electron chi connectivity index (χ0n) is 18.9. The van der Waals surface area contributed by atoms with Crippen molar-refractivity contribution < 1.29 is 24.2 Å². The number of ether oxygens (including phenoxy) is 1. The van der Waals surface area contributed by atoms with E-state index in [2.05, 4.69) is 5.32 Å². The molecule has 1 amide bonds. The van der Waals surface area contributed by atoms with Crippen LogP contribution in [0.15, 0.2) is 78.9 Å². The fourth-order valence-electron chi connectivity index (χ4n) is 4.20. The van der Waals surface area contributed by atoms with Gasteiger partial charge in [-0.2, -0.15) is 0 Å². The van der Waals surface area contributed by atoms with Crippen molar-refractivity contribution in [2.75, 3.05) is 12.4 Å². The Kier molecular flexibility index (Phi) is 7.84. The van der Waals surface area contributed by atoms with E-state index in [1.165, 1.54) is 0 Å². The minimum Gasteiger partial charge on any atom is -0.480 e. The van der Waals surface area contributed by atoms with Crippen molar-refractivity contribution in [1.82, 2.24) is 5.32 Å². The van der Waals surface area contributed by atoms with Crippen molar-refractivity contribution in [1.29, 1.82) is 0 Å². The van der Waals surface area contributed by atoms with Gasteiger partial charge in [0.1, 0.15) is 12.6 Å². The highest BCUT2D eigenvalue weighted by molar-refractivity contribution is 8.13. The molecule has 0 fully saturated rings. The summed E-state index contributed by atoms with van der Waals surface area (Å²) >= 11 is 0.719. The summed E-state index contributed by atoms with van der Waals surface area (Å²) in [7, 11) is 0. The van der Waals surface area contributed by atoms with E-state index in [1.54, 1.807) is 0 Å². The second-order valence-corrected chi connectivity index (χ2v) is 9.25. The molecule has 0 spiro atoms. The van der Waals surface area contributed by atoms with Gasteiger partial charge in [0.2, 0.25) is 5.91 Å². The van der Waals surface area contributed by atoms with Crippen LogP contribution in [0.4, 0.5) is 4.79 Å². The number of fused-ring (bicyclic) bond motifs is 3. The molecule has 0 saturated heterocycles. The molecule has 0 saturated carbocycles. The zero-order chi connectivity index (χ0) is 24.8. The van der Waals surface area contributed by atoms with Crippen LogP contribution in [-0.2, 0) is 20.7 Å². The summed E-state index contributed by atoms with van der Waals surface area (Å²) in [5.41, 5.74) is 11.2. The van der Waals surface area contributed by atoms with Crippen LogP contribution in [0.25, 0.3) is 11.1 Å². The molecule has 0 aliphatic heterocycles. The molecule has 1 aliphatic rings. The largest absolute Gasteiger partial charge is 0.480 e. The van der Waals surface area contributed by atoms with Gasteiger partial charge < -0.3 is 20.9 Å². The molecule has 3 aromatic carbocycles. The molecule has 4 N–H and O–H groups in total. The Balaban J connectivity index is 1.30. The van der Waals surface area contributed by atoms with Gasteiger partial charge in [-0.1, -0.05) is 78.9 Å². The molecule has 0 unspecified atom stereocenters. The molecule has 180 valence electrons. The number of carbonyl (C=O) groups is 3. The predicted molar refractivity (Wildman–Crippen MR) is 135 cm³/mol. The van der Waals surface area contributed by atoms with E-state index in [0.717, 1.165) is 39.6 Å². The summed E-state index contributed by atoms with van der Waals surface area (Å²) < 4.78 is 5.49. The minimum atomic E-state index is -1.27. The summed E-state index contributed by atoms with van der Waals surface area (Å²) in [5, 5.41) is 11.3. The Bertz CT molecular complexity index is 1170. The number of rotatable bonds is 9. The van der Waals surface area contributed by atoms with Gasteiger partial charge in [-0.25, -0.2) is 9.59 Å². The number of aliphatic carboxylic acids is 1. The number of carbonyl (C=O) groups excluding carboxylic acids is 2. The highest BCUT2D eigenvalue weighted by Gasteiger charge is 2.30. The lowest BCUT2D eigenvalue weighted by atomic mass is 9.98. The first kappa shape index (κ1) is 24.5. The molecule has 4 rings (SSSR count). The molecule has 0 heterocycles. The van der Waals surface area contributed by atoms with Crippen molar-refractivity contribution >= 4 is 28.9 Å². The first-order valence-electron chi connectivity index (χ1n) is 11.2. The summed E-state index contributed by atoms with van der Waals surface area (Å²) in [5.74, 6) is -2.09. The average Bonchev–Trinajstić information content (AvgIpc) is 3.19. The van der Waals surface area contributed by atoms with Crippen molar-refractivity contribution in [3.63, 3.8) is 0 Å². The first-order valence-corrected chi connectivity index (χ1v) is 12.2. The van der Waals surface area contributed by atoms with Crippen LogP contribution < -0.4 is 11.1 Å². The van der Waals surface area contributed by atoms with Crippen LogP contribution in [-0.4, -0.2) is 46.7 Å². The monoisotopic (exact) mass is 490 g/mol. The molecule has 7 nitrogen and oxygen atoms in total. The second kappa shape index (κ2) is 11.2. The van der Waals surface area contributed by atoms with Crippen LogP contribution in [0.1, 0.15) is 22.6 Å². The van der Waals surface area contributed by atoms with Crippen molar-refractivity contribution in [3.8, 4) is 11.1 Å². The van der Waals surface area contributed by atoms with Crippen LogP contribution in [0.3, 0.4) is 0 Å². The Labute approximate surface area is 207 Å². The van der Waals surface area contributed by atoms with Gasteiger partial charge in [-0.05, 0) is 46.0 Å². The molecular weight excluding hydrogens is 464 g/mol. The average molecular weight is 491 g/mol. The van der Waals surface area contributed by atoms with Gasteiger partial charge >= 0.3 is 11.3 Å². The molecule has 3 aromatic rings. The fraction of sp³-hybridized carbons (Fsp3) is 0.222. The number of benzene rings is 3. The summed E-state index contributed by atoms with van der Waals surface area (Å²) in [6.07, 6.45) is 0.276. The number of thioether (sulfide) groups is 1. The van der Waals surface area contributed by atoms with E-state index in [0.29, 0.717) is 0 Å². The third kappa shape index (κ3) is 5.90. The highest BCUT2D eigenvalue weighted by atomic mass is 32.2. The van der Waals surface area contributed by atoms with Crippen LogP contribution >= 0.6 is 11.8 Å². The maximum Gasteiger partial charge on any atom is 0.367 e. The van der Waals surface area contributed by atoms with E-state index < -0.39 is 29.3 Å². The molecule has 0 radical (unpaired) electrons. The quantitative estimate of drug-likeness (QED) is 0.390. The van der Waals surface area contributed by atoms with E-state index in [1.807, 2.05) is 78.9 Å². The molecular formula is C27H26N2O5S. The fourth-order valence-corrected chi connectivity index (χ4v) is 4.88. The van der Waals surface area contributed by atoms with E-state index in [4.69, 9.17) is 10.5 Å². The highest BCUT2D eigenvalue weighted by Crippen LogP contribution is 2.44. The lowest BCUT2D eigenvalue weighted by Gasteiger charge is -2.18. The van der Waals surface area contributed by atoms with Crippen molar-refractivity contribution in [2.24, 2.45) is 5.73 Å². The topological polar surface area (TPSA) is 119 Å². The molecule has 2 atom stereocenters. The maximum atomic E-state index is 12.4. The Morgan fingerprint density at radius 3 is 2.09 bits per heavy atom. The van der Waals surface area contributed by atoms with Crippen LogP contribution in [0, 0.1) is 0 Å². The Morgan fingerprint density at radius 2 is 1.49 bits per heavy atom. The standard InChI is InChI=1S/C27H26N2O5S/c28-23(14-17-8-2-1-3-9-17)25(30)29-24(26(31)32)16-35-27(33)34-15-22-20-12-6-4-10-18(20)19-11-5-7-13-21(19)22/h1-13,22-24H,14-16,28H2,(H,29,30)(H,31,32)/t23-,24-/m0/s1. The molecule has 8 heteroatoms. The van der Waals surface area contributed by atoms with Crippen molar-refractivity contribution in [2.45, 2.75) is 24.4 Å². The number of nitrogens with one attached hydrogen (secondary N) is 1. The summed E-state index contributed by atoms with van der Waals surface area (Å²) in [6, 6.07) is 23.1. The normalized spacial score (nSPS) is 13.9. The SMILES string of the molecule is N[C@@H](Cc1ccccc1)C(=O)N[C@@H](CSC(=O)OCC1c2ccccc2-c2ccccc21)C(=O)O. The van der Waals surface area contributed by atoms with Gasteiger partial charge in [-0.15, -0.1) is 0 Å². The minimum absolute atomic E-state index is 0.0853. The van der Waals surface area contributed by atoms with Gasteiger partial charge in [-0.3, -0.25) is 4.79 Å². The Hall–Kier alpha value is -3.62. The number of hydrogen-bond acceptors (Lipinski definition) is 6. The van der Waals surface area contributed by atoms with E-state index in [-0.39, 0.29) is 24.7 Å². The number of amides is 1. The first-order chi connectivity index (χ1) is 16.9. The maximum absolute atomic E-state index is 12.4. The lowest BCUT2D eigenvalue weighted by molar-refractivity contribution is -0.141. The number of nitrogens with two attached hydrogens (primary N) is 1. The van der Waals surface area contributed by atoms with Gasteiger partial charge in [0.15, 0.2) is 0 Å². The van der Waals surface area contributed by atoms with E-state index >= 15 is 0 Å². The molecule has 1 aliphatic carbocycles. The smallest absolute Gasteiger partial charge is 0.367 e. The summed E-state index contributed by atoms with van der Waals surface area (Å²) in [4.78, 5) is 36.5. The van der Waals surface area contributed by atoms with Crippen LogP contribution in [0.2, 0.25) is 0 Å². The van der Waals surface area contributed by atoms with Crippen LogP contribution in [0.5, 0.6) is 0 Å². The third-order valence-electron chi connectivity index (χ3n) is 5.95. The lowest BCUT2D eigenvalue weighted by Crippen LogP contribution is -2.50. The number of carboxylic acid groups (broad SMARTS) is 1. The van der Waals surface area contributed by atoms with Gasteiger partial charge in [0.05, 0.1) is 6.04 Å². The Morgan fingerprint density at radius 1 is 0.914 bits per heavy atom. The third-order valence-corrected chi connectivity index (χ3v) is 6.80.